The lowest BCUT2D eigenvalue weighted by atomic mass is 9.99. The fourth-order valence-electron chi connectivity index (χ4n) is 2.82. The molecule has 19 heavy (non-hydrogen) atoms. The molecule has 1 aliphatic heterocycles. The smallest absolute Gasteiger partial charge is 0.166 e. The zero-order valence-corrected chi connectivity index (χ0v) is 12.8. The van der Waals surface area contributed by atoms with Crippen LogP contribution in [-0.2, 0) is 0 Å². The summed E-state index contributed by atoms with van der Waals surface area (Å²) in [6.07, 6.45) is 0. The van der Waals surface area contributed by atoms with Crippen LogP contribution in [0.3, 0.4) is 0 Å². The molecular weight excluding hydrogens is 254 g/mol. The highest BCUT2D eigenvalue weighted by molar-refractivity contribution is 7.80. The Morgan fingerprint density at radius 2 is 1.84 bits per heavy atom. The number of benzene rings is 1. The topological polar surface area (TPSA) is 32.5 Å². The maximum Gasteiger partial charge on any atom is 0.166 e. The summed E-state index contributed by atoms with van der Waals surface area (Å²) in [6, 6.07) is 7.17. The number of piperazine rings is 1. The van der Waals surface area contributed by atoms with Crippen molar-refractivity contribution in [3.05, 3.63) is 34.9 Å². The Bertz CT molecular complexity index is 464. The van der Waals surface area contributed by atoms with Crippen LogP contribution in [-0.4, -0.2) is 41.1 Å². The Labute approximate surface area is 121 Å². The summed E-state index contributed by atoms with van der Waals surface area (Å²) in [5, 5.41) is 0.527. The quantitative estimate of drug-likeness (QED) is 0.840. The van der Waals surface area contributed by atoms with Crippen LogP contribution in [0, 0.1) is 13.8 Å². The van der Waals surface area contributed by atoms with Crippen molar-refractivity contribution in [2.75, 3.05) is 26.2 Å². The molecule has 1 aromatic carbocycles. The summed E-state index contributed by atoms with van der Waals surface area (Å²) in [4.78, 5) is 4.59. The molecule has 1 heterocycles. The van der Waals surface area contributed by atoms with Crippen molar-refractivity contribution in [3.8, 4) is 0 Å². The third-order valence-corrected chi connectivity index (χ3v) is 4.31. The lowest BCUT2D eigenvalue weighted by Gasteiger charge is -2.38. The minimum Gasteiger partial charge on any atom is -0.376 e. The van der Waals surface area contributed by atoms with E-state index >= 15 is 0 Å². The first-order valence-electron chi connectivity index (χ1n) is 6.84. The molecule has 2 N–H and O–H groups in total. The molecule has 4 heteroatoms. The van der Waals surface area contributed by atoms with Crippen molar-refractivity contribution in [1.29, 1.82) is 0 Å². The van der Waals surface area contributed by atoms with Crippen LogP contribution < -0.4 is 5.73 Å². The number of nitrogens with two attached hydrogens (primary N) is 1. The molecule has 1 unspecified atom stereocenters. The monoisotopic (exact) mass is 277 g/mol. The molecule has 0 bridgehead atoms. The second-order valence-electron chi connectivity index (χ2n) is 5.40. The summed E-state index contributed by atoms with van der Waals surface area (Å²) < 4.78 is 0. The van der Waals surface area contributed by atoms with E-state index in [2.05, 4.69) is 48.8 Å². The van der Waals surface area contributed by atoms with Crippen molar-refractivity contribution in [3.63, 3.8) is 0 Å². The highest BCUT2D eigenvalue weighted by Gasteiger charge is 2.23. The maximum absolute atomic E-state index is 5.68. The molecule has 1 fully saturated rings. The van der Waals surface area contributed by atoms with Gasteiger partial charge in [-0.3, -0.25) is 4.90 Å². The van der Waals surface area contributed by atoms with Crippen molar-refractivity contribution in [1.82, 2.24) is 9.80 Å². The van der Waals surface area contributed by atoms with Gasteiger partial charge in [-0.2, -0.15) is 0 Å². The molecule has 104 valence electrons. The number of aryl methyl sites for hydroxylation is 2. The third kappa shape index (κ3) is 3.25. The number of thiocarbonyl (C=S) groups is 1. The Balaban J connectivity index is 2.05. The second kappa shape index (κ2) is 5.88. The zero-order valence-electron chi connectivity index (χ0n) is 12.0. The van der Waals surface area contributed by atoms with Gasteiger partial charge in [0, 0.05) is 32.2 Å². The first-order chi connectivity index (χ1) is 8.99. The van der Waals surface area contributed by atoms with Crippen LogP contribution in [0.15, 0.2) is 18.2 Å². The van der Waals surface area contributed by atoms with Crippen LogP contribution in [0.2, 0.25) is 0 Å². The van der Waals surface area contributed by atoms with E-state index in [0.29, 0.717) is 11.2 Å². The average Bonchev–Trinajstić information content (AvgIpc) is 2.38. The largest absolute Gasteiger partial charge is 0.376 e. The number of nitrogens with zero attached hydrogens (tertiary/aromatic N) is 2. The highest BCUT2D eigenvalue weighted by Crippen LogP contribution is 2.25. The summed E-state index contributed by atoms with van der Waals surface area (Å²) >= 11 is 5.03. The van der Waals surface area contributed by atoms with E-state index in [-0.39, 0.29) is 0 Å². The molecule has 0 spiro atoms. The van der Waals surface area contributed by atoms with Crippen LogP contribution >= 0.6 is 12.2 Å². The standard InChI is InChI=1S/C15H23N3S/c1-11-4-5-14(12(2)10-11)13(3)17-6-8-18(9-7-17)15(16)19/h4-5,10,13H,6-9H2,1-3H3,(H2,16,19). The normalized spacial score (nSPS) is 18.4. The fourth-order valence-corrected chi connectivity index (χ4v) is 3.00. The Morgan fingerprint density at radius 1 is 1.21 bits per heavy atom. The molecule has 2 rings (SSSR count). The Kier molecular flexibility index (Phi) is 4.42. The molecular formula is C15H23N3S. The summed E-state index contributed by atoms with van der Waals surface area (Å²) in [5.74, 6) is 0. The maximum atomic E-state index is 5.68. The van der Waals surface area contributed by atoms with Gasteiger partial charge in [-0.1, -0.05) is 23.8 Å². The number of hydrogen-bond donors (Lipinski definition) is 1. The van der Waals surface area contributed by atoms with E-state index in [1.54, 1.807) is 0 Å². The van der Waals surface area contributed by atoms with E-state index < -0.39 is 0 Å². The lowest BCUT2D eigenvalue weighted by molar-refractivity contribution is 0.141. The van der Waals surface area contributed by atoms with Crippen LogP contribution in [0.1, 0.15) is 29.7 Å². The predicted octanol–water partition coefficient (Wildman–Crippen LogP) is 2.23. The molecule has 0 aliphatic carbocycles. The van der Waals surface area contributed by atoms with Gasteiger partial charge in [0.2, 0.25) is 0 Å². The first kappa shape index (κ1) is 14.3. The summed E-state index contributed by atoms with van der Waals surface area (Å²) in [7, 11) is 0. The van der Waals surface area contributed by atoms with Gasteiger partial charge in [-0.15, -0.1) is 0 Å². The van der Waals surface area contributed by atoms with Crippen molar-refractivity contribution in [2.24, 2.45) is 5.73 Å². The van der Waals surface area contributed by atoms with Gasteiger partial charge in [0.05, 0.1) is 0 Å². The highest BCUT2D eigenvalue weighted by atomic mass is 32.1. The van der Waals surface area contributed by atoms with E-state index in [9.17, 15) is 0 Å². The first-order valence-corrected chi connectivity index (χ1v) is 7.25. The van der Waals surface area contributed by atoms with E-state index in [0.717, 1.165) is 26.2 Å². The van der Waals surface area contributed by atoms with Gasteiger partial charge < -0.3 is 10.6 Å². The zero-order chi connectivity index (χ0) is 14.0. The molecule has 0 saturated carbocycles. The third-order valence-electron chi connectivity index (χ3n) is 4.05. The van der Waals surface area contributed by atoms with Crippen LogP contribution in [0.4, 0.5) is 0 Å². The summed E-state index contributed by atoms with van der Waals surface area (Å²) in [6.45, 7) is 10.5. The summed E-state index contributed by atoms with van der Waals surface area (Å²) in [5.41, 5.74) is 9.81. The second-order valence-corrected chi connectivity index (χ2v) is 5.82. The average molecular weight is 277 g/mol. The molecule has 1 aliphatic rings. The number of hydrogen-bond acceptors (Lipinski definition) is 2. The van der Waals surface area contributed by atoms with Crippen LogP contribution in [0.25, 0.3) is 0 Å². The Hall–Kier alpha value is -1.13. The van der Waals surface area contributed by atoms with Gasteiger partial charge in [0.25, 0.3) is 0 Å². The van der Waals surface area contributed by atoms with Gasteiger partial charge in [0.1, 0.15) is 0 Å². The van der Waals surface area contributed by atoms with Gasteiger partial charge in [0.15, 0.2) is 5.11 Å². The van der Waals surface area contributed by atoms with E-state index in [1.165, 1.54) is 16.7 Å². The molecule has 1 saturated heterocycles. The minimum atomic E-state index is 0.453. The molecule has 3 nitrogen and oxygen atoms in total. The molecule has 1 aromatic rings. The predicted molar refractivity (Wildman–Crippen MR) is 84.3 cm³/mol. The lowest BCUT2D eigenvalue weighted by Crippen LogP contribution is -2.50. The fraction of sp³-hybridized carbons (Fsp3) is 0.533. The van der Waals surface area contributed by atoms with Crippen molar-refractivity contribution >= 4 is 17.3 Å². The van der Waals surface area contributed by atoms with Gasteiger partial charge >= 0.3 is 0 Å². The molecule has 1 atom stereocenters. The molecule has 0 amide bonds. The Morgan fingerprint density at radius 3 is 2.37 bits per heavy atom. The van der Waals surface area contributed by atoms with E-state index in [4.69, 9.17) is 18.0 Å². The van der Waals surface area contributed by atoms with Crippen molar-refractivity contribution < 1.29 is 0 Å². The molecule has 0 aromatic heterocycles. The SMILES string of the molecule is Cc1ccc(C(C)N2CCN(C(N)=S)CC2)c(C)c1. The van der Waals surface area contributed by atoms with Gasteiger partial charge in [-0.05, 0) is 44.1 Å². The van der Waals surface area contributed by atoms with Crippen molar-refractivity contribution in [2.45, 2.75) is 26.8 Å². The molecule has 0 radical (unpaired) electrons. The van der Waals surface area contributed by atoms with E-state index in [1.807, 2.05) is 0 Å². The van der Waals surface area contributed by atoms with Gasteiger partial charge in [-0.25, -0.2) is 0 Å². The number of rotatable bonds is 2. The minimum absolute atomic E-state index is 0.453. The van der Waals surface area contributed by atoms with Crippen LogP contribution in [0.5, 0.6) is 0 Å².